The molecule has 0 atom stereocenters. The lowest BCUT2D eigenvalue weighted by Gasteiger charge is -2.08. The van der Waals surface area contributed by atoms with Crippen molar-refractivity contribution in [2.24, 2.45) is 0 Å². The Labute approximate surface area is 109 Å². The summed E-state index contributed by atoms with van der Waals surface area (Å²) in [5.74, 6) is 0.746. The van der Waals surface area contributed by atoms with Gasteiger partial charge in [-0.25, -0.2) is 4.98 Å². The van der Waals surface area contributed by atoms with Crippen molar-refractivity contribution in [3.63, 3.8) is 0 Å². The van der Waals surface area contributed by atoms with E-state index >= 15 is 0 Å². The Balaban J connectivity index is 2.33. The van der Waals surface area contributed by atoms with Crippen LogP contribution in [0.1, 0.15) is 33.9 Å². The van der Waals surface area contributed by atoms with E-state index < -0.39 is 0 Å². The molecule has 0 saturated heterocycles. The first kappa shape index (κ1) is 12.7. The maximum atomic E-state index is 4.46. The molecular weight excluding hydrogens is 221 g/mol. The van der Waals surface area contributed by atoms with Crippen LogP contribution in [0.4, 0.5) is 0 Å². The molecule has 18 heavy (non-hydrogen) atoms. The van der Waals surface area contributed by atoms with E-state index in [9.17, 15) is 0 Å². The number of hydrogen-bond acceptors (Lipinski definition) is 3. The smallest absolute Gasteiger partial charge is 0.148 e. The Morgan fingerprint density at radius 1 is 0.944 bits per heavy atom. The first-order chi connectivity index (χ1) is 8.58. The number of benzene rings is 1. The lowest BCUT2D eigenvalue weighted by molar-refractivity contribution is 0.819. The molecule has 3 nitrogen and oxygen atoms in total. The highest BCUT2D eigenvalue weighted by Gasteiger charge is 2.07. The highest BCUT2D eigenvalue weighted by molar-refractivity contribution is 6.08. The third kappa shape index (κ3) is 2.94. The SMILES string of the molecule is BCc1nc(C)nnc1Cc1cc(C)cc(C)c1. The van der Waals surface area contributed by atoms with Gasteiger partial charge in [0.15, 0.2) is 0 Å². The molecule has 0 fully saturated rings. The van der Waals surface area contributed by atoms with Crippen LogP contribution in [0, 0.1) is 20.8 Å². The third-order valence-electron chi connectivity index (χ3n) is 2.93. The molecular formula is C14H18BN3. The van der Waals surface area contributed by atoms with E-state index in [1.165, 1.54) is 16.7 Å². The maximum Gasteiger partial charge on any atom is 0.148 e. The third-order valence-corrected chi connectivity index (χ3v) is 2.93. The van der Waals surface area contributed by atoms with Crippen LogP contribution in [-0.2, 0) is 12.7 Å². The minimum atomic E-state index is 0.746. The van der Waals surface area contributed by atoms with Crippen molar-refractivity contribution >= 4 is 7.85 Å². The van der Waals surface area contributed by atoms with Crippen molar-refractivity contribution in [2.75, 3.05) is 0 Å². The average Bonchev–Trinajstić information content (AvgIpc) is 2.30. The second-order valence-corrected chi connectivity index (χ2v) is 4.78. The molecule has 92 valence electrons. The molecule has 0 unspecified atom stereocenters. The highest BCUT2D eigenvalue weighted by Crippen LogP contribution is 2.14. The van der Waals surface area contributed by atoms with Gasteiger partial charge < -0.3 is 0 Å². The van der Waals surface area contributed by atoms with E-state index in [4.69, 9.17) is 0 Å². The van der Waals surface area contributed by atoms with E-state index in [0.29, 0.717) is 0 Å². The van der Waals surface area contributed by atoms with Crippen LogP contribution in [0.15, 0.2) is 18.2 Å². The van der Waals surface area contributed by atoms with Crippen LogP contribution in [0.25, 0.3) is 0 Å². The molecule has 0 amide bonds. The summed E-state index contributed by atoms with van der Waals surface area (Å²) in [7, 11) is 2.11. The van der Waals surface area contributed by atoms with Gasteiger partial charge in [0.25, 0.3) is 0 Å². The predicted octanol–water partition coefficient (Wildman–Crippen LogP) is 1.52. The van der Waals surface area contributed by atoms with Gasteiger partial charge >= 0.3 is 0 Å². The van der Waals surface area contributed by atoms with Gasteiger partial charge in [0.2, 0.25) is 0 Å². The van der Waals surface area contributed by atoms with E-state index in [1.807, 2.05) is 6.92 Å². The zero-order valence-corrected chi connectivity index (χ0v) is 11.5. The van der Waals surface area contributed by atoms with E-state index in [1.54, 1.807) is 0 Å². The van der Waals surface area contributed by atoms with Gasteiger partial charge in [-0.15, -0.1) is 5.10 Å². The van der Waals surface area contributed by atoms with Gasteiger partial charge in [0.1, 0.15) is 13.7 Å². The number of nitrogens with zero attached hydrogens (tertiary/aromatic N) is 3. The number of aromatic nitrogens is 3. The minimum absolute atomic E-state index is 0.746. The summed E-state index contributed by atoms with van der Waals surface area (Å²) in [4.78, 5) is 4.46. The van der Waals surface area contributed by atoms with Crippen LogP contribution < -0.4 is 0 Å². The van der Waals surface area contributed by atoms with Gasteiger partial charge in [-0.05, 0) is 32.7 Å². The molecule has 0 aliphatic rings. The molecule has 0 aliphatic carbocycles. The van der Waals surface area contributed by atoms with Gasteiger partial charge in [-0.3, -0.25) is 0 Å². The van der Waals surface area contributed by atoms with Crippen molar-refractivity contribution < 1.29 is 0 Å². The summed E-state index contributed by atoms with van der Waals surface area (Å²) < 4.78 is 0. The van der Waals surface area contributed by atoms with E-state index in [0.717, 1.165) is 30.0 Å². The lowest BCUT2D eigenvalue weighted by atomic mass is 9.96. The summed E-state index contributed by atoms with van der Waals surface area (Å²) in [5.41, 5.74) is 5.91. The Bertz CT molecular complexity index is 547. The van der Waals surface area contributed by atoms with Crippen molar-refractivity contribution in [2.45, 2.75) is 33.5 Å². The molecule has 0 radical (unpaired) electrons. The predicted molar refractivity (Wildman–Crippen MR) is 75.5 cm³/mol. The molecule has 0 spiro atoms. The summed E-state index contributed by atoms with van der Waals surface area (Å²) in [5, 5.41) is 8.36. The van der Waals surface area contributed by atoms with Crippen molar-refractivity contribution in [3.05, 3.63) is 52.1 Å². The summed E-state index contributed by atoms with van der Waals surface area (Å²) in [6.45, 7) is 6.12. The average molecular weight is 239 g/mol. The molecule has 4 heteroatoms. The minimum Gasteiger partial charge on any atom is -0.235 e. The largest absolute Gasteiger partial charge is 0.235 e. The standard InChI is InChI=1S/C14H18BN3/c1-9-4-10(2)6-12(5-9)7-13-14(8-15)16-11(3)17-18-13/h4-6H,7-8,15H2,1-3H3. The van der Waals surface area contributed by atoms with Crippen LogP contribution in [0.2, 0.25) is 0 Å². The molecule has 0 aliphatic heterocycles. The van der Waals surface area contributed by atoms with Gasteiger partial charge in [-0.2, -0.15) is 5.10 Å². The Morgan fingerprint density at radius 2 is 1.61 bits per heavy atom. The monoisotopic (exact) mass is 239 g/mol. The molecule has 0 saturated carbocycles. The van der Waals surface area contributed by atoms with Crippen LogP contribution in [-0.4, -0.2) is 23.0 Å². The fourth-order valence-electron chi connectivity index (χ4n) is 2.26. The van der Waals surface area contributed by atoms with E-state index in [-0.39, 0.29) is 0 Å². The normalized spacial score (nSPS) is 10.6. The van der Waals surface area contributed by atoms with Crippen LogP contribution in [0.3, 0.4) is 0 Å². The van der Waals surface area contributed by atoms with Crippen molar-refractivity contribution in [1.82, 2.24) is 15.2 Å². The zero-order valence-electron chi connectivity index (χ0n) is 11.5. The van der Waals surface area contributed by atoms with E-state index in [2.05, 4.69) is 55.1 Å². The molecule has 1 heterocycles. The Kier molecular flexibility index (Phi) is 3.75. The van der Waals surface area contributed by atoms with Crippen LogP contribution in [0.5, 0.6) is 0 Å². The lowest BCUT2D eigenvalue weighted by Crippen LogP contribution is -2.07. The fourth-order valence-corrected chi connectivity index (χ4v) is 2.26. The first-order valence-corrected chi connectivity index (χ1v) is 6.34. The fraction of sp³-hybridized carbons (Fsp3) is 0.357. The molecule has 0 bridgehead atoms. The molecule has 2 rings (SSSR count). The van der Waals surface area contributed by atoms with Crippen LogP contribution >= 0.6 is 0 Å². The molecule has 0 N–H and O–H groups in total. The number of rotatable bonds is 3. The topological polar surface area (TPSA) is 38.7 Å². The second-order valence-electron chi connectivity index (χ2n) is 4.78. The first-order valence-electron chi connectivity index (χ1n) is 6.34. The summed E-state index contributed by atoms with van der Waals surface area (Å²) in [6, 6.07) is 6.59. The molecule has 1 aromatic carbocycles. The number of aryl methyl sites for hydroxylation is 3. The quantitative estimate of drug-likeness (QED) is 0.762. The van der Waals surface area contributed by atoms with Gasteiger partial charge in [0, 0.05) is 6.42 Å². The van der Waals surface area contributed by atoms with Gasteiger partial charge in [-0.1, -0.05) is 29.3 Å². The highest BCUT2D eigenvalue weighted by atomic mass is 15.2. The summed E-state index contributed by atoms with van der Waals surface area (Å²) in [6.07, 6.45) is 1.71. The Hall–Kier alpha value is -1.71. The number of hydrogen-bond donors (Lipinski definition) is 0. The van der Waals surface area contributed by atoms with Crippen molar-refractivity contribution in [3.8, 4) is 0 Å². The van der Waals surface area contributed by atoms with Crippen molar-refractivity contribution in [1.29, 1.82) is 0 Å². The Morgan fingerprint density at radius 3 is 2.22 bits per heavy atom. The summed E-state index contributed by atoms with van der Waals surface area (Å²) >= 11 is 0. The van der Waals surface area contributed by atoms with Gasteiger partial charge in [0.05, 0.1) is 11.4 Å². The zero-order chi connectivity index (χ0) is 13.1. The molecule has 1 aromatic heterocycles. The second kappa shape index (κ2) is 5.30. The molecule has 2 aromatic rings. The maximum absolute atomic E-state index is 4.46.